The zero-order chi connectivity index (χ0) is 13.4. The summed E-state index contributed by atoms with van der Waals surface area (Å²) in [5.41, 5.74) is 7.77. The zero-order valence-electron chi connectivity index (χ0n) is 11.4. The molecule has 1 rings (SSSR count). The van der Waals surface area contributed by atoms with Crippen LogP contribution in [0.25, 0.3) is 0 Å². The number of benzene rings is 1. The van der Waals surface area contributed by atoms with Gasteiger partial charge in [-0.2, -0.15) is 0 Å². The monoisotopic (exact) mass is 253 g/mol. The van der Waals surface area contributed by atoms with Gasteiger partial charge in [0, 0.05) is 18.7 Å². The summed E-state index contributed by atoms with van der Waals surface area (Å²) in [7, 11) is 1.65. The number of rotatable bonds is 8. The first-order chi connectivity index (χ1) is 8.71. The van der Waals surface area contributed by atoms with Gasteiger partial charge in [-0.15, -0.1) is 0 Å². The van der Waals surface area contributed by atoms with E-state index in [1.807, 2.05) is 32.0 Å². The lowest BCUT2D eigenvalue weighted by atomic mass is 10.1. The molecular formula is C14H23NO3. The molecule has 4 nitrogen and oxygen atoms in total. The lowest BCUT2D eigenvalue weighted by Gasteiger charge is -2.14. The summed E-state index contributed by atoms with van der Waals surface area (Å²) in [5.74, 6) is 0.823. The van der Waals surface area contributed by atoms with Gasteiger partial charge >= 0.3 is 0 Å². The van der Waals surface area contributed by atoms with E-state index >= 15 is 0 Å². The molecule has 1 atom stereocenters. The van der Waals surface area contributed by atoms with Crippen LogP contribution in [-0.2, 0) is 22.6 Å². The van der Waals surface area contributed by atoms with Crippen molar-refractivity contribution < 1.29 is 14.2 Å². The molecule has 0 aromatic heterocycles. The molecule has 0 saturated heterocycles. The molecule has 4 heteroatoms. The van der Waals surface area contributed by atoms with Crippen molar-refractivity contribution in [3.8, 4) is 5.75 Å². The SMILES string of the molecule is CCOCC(C)OCc1ccc(OC)c(CN)c1. The van der Waals surface area contributed by atoms with Crippen LogP contribution in [0.2, 0.25) is 0 Å². The van der Waals surface area contributed by atoms with Gasteiger partial charge < -0.3 is 19.9 Å². The fourth-order valence-corrected chi connectivity index (χ4v) is 1.65. The van der Waals surface area contributed by atoms with Crippen LogP contribution in [-0.4, -0.2) is 26.4 Å². The van der Waals surface area contributed by atoms with Gasteiger partial charge in [-0.05, 0) is 31.5 Å². The van der Waals surface area contributed by atoms with Crippen molar-refractivity contribution in [1.29, 1.82) is 0 Å². The molecule has 1 aromatic rings. The molecule has 102 valence electrons. The molecule has 1 unspecified atom stereocenters. The number of methoxy groups -OCH3 is 1. The molecule has 0 aliphatic carbocycles. The molecule has 2 N–H and O–H groups in total. The number of hydrogen-bond donors (Lipinski definition) is 1. The second-order valence-electron chi connectivity index (χ2n) is 4.13. The van der Waals surface area contributed by atoms with E-state index in [2.05, 4.69) is 0 Å². The van der Waals surface area contributed by atoms with Crippen LogP contribution in [0.1, 0.15) is 25.0 Å². The normalized spacial score (nSPS) is 12.4. The molecule has 0 bridgehead atoms. The van der Waals surface area contributed by atoms with Crippen molar-refractivity contribution in [2.75, 3.05) is 20.3 Å². The van der Waals surface area contributed by atoms with Gasteiger partial charge in [0.2, 0.25) is 0 Å². The third-order valence-electron chi connectivity index (χ3n) is 2.66. The summed E-state index contributed by atoms with van der Waals surface area (Å²) >= 11 is 0. The average Bonchev–Trinajstić information content (AvgIpc) is 2.42. The van der Waals surface area contributed by atoms with Gasteiger partial charge in [0.15, 0.2) is 0 Å². The lowest BCUT2D eigenvalue weighted by molar-refractivity contribution is -0.0116. The molecule has 0 spiro atoms. The Morgan fingerprint density at radius 3 is 2.72 bits per heavy atom. The standard InChI is InChI=1S/C14H23NO3/c1-4-17-9-11(2)18-10-12-5-6-14(16-3)13(7-12)8-15/h5-7,11H,4,8-10,15H2,1-3H3. The molecule has 0 radical (unpaired) electrons. The number of nitrogens with two attached hydrogens (primary N) is 1. The molecule has 0 aliphatic rings. The maximum Gasteiger partial charge on any atom is 0.123 e. The van der Waals surface area contributed by atoms with Gasteiger partial charge in [0.1, 0.15) is 5.75 Å². The van der Waals surface area contributed by atoms with E-state index in [4.69, 9.17) is 19.9 Å². The van der Waals surface area contributed by atoms with E-state index in [1.54, 1.807) is 7.11 Å². The Balaban J connectivity index is 2.52. The molecule has 0 heterocycles. The first-order valence-electron chi connectivity index (χ1n) is 6.26. The third kappa shape index (κ3) is 4.64. The van der Waals surface area contributed by atoms with Crippen molar-refractivity contribution in [1.82, 2.24) is 0 Å². The zero-order valence-corrected chi connectivity index (χ0v) is 11.4. The second kappa shape index (κ2) is 8.08. The fourth-order valence-electron chi connectivity index (χ4n) is 1.65. The maximum absolute atomic E-state index is 5.70. The van der Waals surface area contributed by atoms with Crippen LogP contribution in [0.3, 0.4) is 0 Å². The predicted molar refractivity (Wildman–Crippen MR) is 71.6 cm³/mol. The van der Waals surface area contributed by atoms with Crippen LogP contribution in [0.4, 0.5) is 0 Å². The summed E-state index contributed by atoms with van der Waals surface area (Å²) in [6.07, 6.45) is 0.0911. The van der Waals surface area contributed by atoms with Crippen LogP contribution in [0.5, 0.6) is 5.75 Å². The maximum atomic E-state index is 5.70. The Hall–Kier alpha value is -1.10. The summed E-state index contributed by atoms with van der Waals surface area (Å²) < 4.78 is 16.2. The predicted octanol–water partition coefficient (Wildman–Crippen LogP) is 2.10. The Kier molecular flexibility index (Phi) is 6.72. The van der Waals surface area contributed by atoms with Gasteiger partial charge in [-0.3, -0.25) is 0 Å². The van der Waals surface area contributed by atoms with Crippen molar-refractivity contribution in [3.05, 3.63) is 29.3 Å². The molecule has 0 saturated carbocycles. The molecule has 1 aromatic carbocycles. The van der Waals surface area contributed by atoms with Crippen LogP contribution in [0.15, 0.2) is 18.2 Å². The van der Waals surface area contributed by atoms with E-state index in [0.717, 1.165) is 16.9 Å². The molecule has 0 aliphatic heterocycles. The first-order valence-corrected chi connectivity index (χ1v) is 6.26. The topological polar surface area (TPSA) is 53.7 Å². The highest BCUT2D eigenvalue weighted by Crippen LogP contribution is 2.19. The minimum Gasteiger partial charge on any atom is -0.496 e. The van der Waals surface area contributed by atoms with Crippen LogP contribution in [0, 0.1) is 0 Å². The van der Waals surface area contributed by atoms with E-state index in [1.165, 1.54) is 0 Å². The highest BCUT2D eigenvalue weighted by Gasteiger charge is 2.05. The van der Waals surface area contributed by atoms with E-state index in [9.17, 15) is 0 Å². The summed E-state index contributed by atoms with van der Waals surface area (Å²) in [4.78, 5) is 0. The number of ether oxygens (including phenoxy) is 3. The molecular weight excluding hydrogens is 230 g/mol. The Labute approximate surface area is 109 Å². The molecule has 18 heavy (non-hydrogen) atoms. The van der Waals surface area contributed by atoms with E-state index < -0.39 is 0 Å². The van der Waals surface area contributed by atoms with Crippen LogP contribution < -0.4 is 10.5 Å². The van der Waals surface area contributed by atoms with Gasteiger partial charge in [-0.1, -0.05) is 6.07 Å². The van der Waals surface area contributed by atoms with E-state index in [0.29, 0.717) is 26.4 Å². The van der Waals surface area contributed by atoms with Crippen molar-refractivity contribution in [3.63, 3.8) is 0 Å². The number of hydrogen-bond acceptors (Lipinski definition) is 4. The van der Waals surface area contributed by atoms with Crippen molar-refractivity contribution in [2.45, 2.75) is 33.1 Å². The van der Waals surface area contributed by atoms with Crippen molar-refractivity contribution >= 4 is 0 Å². The highest BCUT2D eigenvalue weighted by atomic mass is 16.5. The molecule has 0 amide bonds. The van der Waals surface area contributed by atoms with Gasteiger partial charge in [0.05, 0.1) is 26.4 Å². The Morgan fingerprint density at radius 1 is 1.33 bits per heavy atom. The van der Waals surface area contributed by atoms with E-state index in [-0.39, 0.29) is 6.10 Å². The molecule has 0 fully saturated rings. The average molecular weight is 253 g/mol. The minimum absolute atomic E-state index is 0.0911. The largest absolute Gasteiger partial charge is 0.496 e. The Bertz CT molecular complexity index is 355. The first kappa shape index (κ1) is 15.0. The Morgan fingerprint density at radius 2 is 2.11 bits per heavy atom. The fraction of sp³-hybridized carbons (Fsp3) is 0.571. The summed E-state index contributed by atoms with van der Waals surface area (Å²) in [6.45, 7) is 6.34. The smallest absolute Gasteiger partial charge is 0.123 e. The van der Waals surface area contributed by atoms with Gasteiger partial charge in [0.25, 0.3) is 0 Å². The third-order valence-corrected chi connectivity index (χ3v) is 2.66. The summed E-state index contributed by atoms with van der Waals surface area (Å²) in [6, 6.07) is 5.94. The highest BCUT2D eigenvalue weighted by molar-refractivity contribution is 5.36. The van der Waals surface area contributed by atoms with Crippen molar-refractivity contribution in [2.24, 2.45) is 5.73 Å². The lowest BCUT2D eigenvalue weighted by Crippen LogP contribution is -2.15. The second-order valence-corrected chi connectivity index (χ2v) is 4.13. The van der Waals surface area contributed by atoms with Crippen LogP contribution >= 0.6 is 0 Å². The quantitative estimate of drug-likeness (QED) is 0.771. The summed E-state index contributed by atoms with van der Waals surface area (Å²) in [5, 5.41) is 0. The van der Waals surface area contributed by atoms with Gasteiger partial charge in [-0.25, -0.2) is 0 Å². The minimum atomic E-state index is 0.0911.